The van der Waals surface area contributed by atoms with Crippen molar-refractivity contribution in [3.05, 3.63) is 0 Å². The molecule has 58 valence electrons. The third-order valence-electron chi connectivity index (χ3n) is 1.51. The van der Waals surface area contributed by atoms with E-state index in [2.05, 4.69) is 16.8 Å². The molecule has 2 N–H and O–H groups in total. The van der Waals surface area contributed by atoms with Gasteiger partial charge >= 0.3 is 0 Å². The first-order chi connectivity index (χ1) is 4.68. The van der Waals surface area contributed by atoms with Gasteiger partial charge in [-0.05, 0) is 13.8 Å². The standard InChI is InChI=1S/C7H15N3/c1-6(8)3-10-4-7(2)9-5-10/h5-7H,3-4,8H2,1-2H3/t6-,7-/m0/s1. The number of rotatable bonds is 2. The van der Waals surface area contributed by atoms with Crippen LogP contribution in [-0.2, 0) is 0 Å². The molecule has 3 nitrogen and oxygen atoms in total. The molecule has 3 heteroatoms. The number of nitrogens with two attached hydrogens (primary N) is 1. The molecule has 1 aliphatic rings. The highest BCUT2D eigenvalue weighted by Crippen LogP contribution is 2.01. The molecule has 0 aromatic heterocycles. The summed E-state index contributed by atoms with van der Waals surface area (Å²) in [5, 5.41) is 0. The Morgan fingerprint density at radius 3 is 3.00 bits per heavy atom. The van der Waals surface area contributed by atoms with Crippen LogP contribution in [0, 0.1) is 0 Å². The topological polar surface area (TPSA) is 41.6 Å². The van der Waals surface area contributed by atoms with Crippen LogP contribution in [0.25, 0.3) is 0 Å². The van der Waals surface area contributed by atoms with Crippen LogP contribution in [0.5, 0.6) is 0 Å². The van der Waals surface area contributed by atoms with Crippen molar-refractivity contribution in [2.75, 3.05) is 13.1 Å². The predicted octanol–water partition coefficient (Wildman–Crippen LogP) is 0.0660. The van der Waals surface area contributed by atoms with Gasteiger partial charge in [0.2, 0.25) is 0 Å². The lowest BCUT2D eigenvalue weighted by Crippen LogP contribution is -2.34. The Morgan fingerprint density at radius 1 is 1.90 bits per heavy atom. The SMILES string of the molecule is C[C@H](N)CN1C=N[C@@H](C)C1. The summed E-state index contributed by atoms with van der Waals surface area (Å²) < 4.78 is 0. The van der Waals surface area contributed by atoms with Crippen LogP contribution in [0.2, 0.25) is 0 Å². The summed E-state index contributed by atoms with van der Waals surface area (Å²) in [5.41, 5.74) is 5.61. The van der Waals surface area contributed by atoms with Gasteiger partial charge in [-0.3, -0.25) is 4.99 Å². The molecule has 0 saturated heterocycles. The molecular weight excluding hydrogens is 126 g/mol. The highest BCUT2D eigenvalue weighted by Gasteiger charge is 2.12. The minimum atomic E-state index is 0.247. The third kappa shape index (κ3) is 1.99. The Balaban J connectivity index is 2.26. The summed E-state index contributed by atoms with van der Waals surface area (Å²) in [6.45, 7) is 6.07. The summed E-state index contributed by atoms with van der Waals surface area (Å²) in [7, 11) is 0. The van der Waals surface area contributed by atoms with Gasteiger partial charge in [0.1, 0.15) is 0 Å². The van der Waals surface area contributed by atoms with Crippen LogP contribution < -0.4 is 5.73 Å². The van der Waals surface area contributed by atoms with Crippen molar-refractivity contribution >= 4 is 6.34 Å². The fraction of sp³-hybridized carbons (Fsp3) is 0.857. The van der Waals surface area contributed by atoms with Gasteiger partial charge in [0, 0.05) is 19.1 Å². The van der Waals surface area contributed by atoms with Gasteiger partial charge in [-0.2, -0.15) is 0 Å². The Morgan fingerprint density at radius 2 is 2.60 bits per heavy atom. The largest absolute Gasteiger partial charge is 0.359 e. The summed E-state index contributed by atoms with van der Waals surface area (Å²) in [6, 6.07) is 0.704. The number of nitrogens with zero attached hydrogens (tertiary/aromatic N) is 2. The predicted molar refractivity (Wildman–Crippen MR) is 43.2 cm³/mol. The van der Waals surface area contributed by atoms with E-state index in [4.69, 9.17) is 5.73 Å². The maximum Gasteiger partial charge on any atom is 0.0855 e. The monoisotopic (exact) mass is 141 g/mol. The lowest BCUT2D eigenvalue weighted by Gasteiger charge is -2.16. The summed E-state index contributed by atoms with van der Waals surface area (Å²) in [4.78, 5) is 6.38. The van der Waals surface area contributed by atoms with Crippen LogP contribution >= 0.6 is 0 Å². The van der Waals surface area contributed by atoms with Crippen LogP contribution in [0.4, 0.5) is 0 Å². The molecule has 0 amide bonds. The zero-order chi connectivity index (χ0) is 7.56. The Labute approximate surface area is 61.9 Å². The van der Waals surface area contributed by atoms with Crippen LogP contribution in [-0.4, -0.2) is 36.4 Å². The summed E-state index contributed by atoms with van der Waals surface area (Å²) in [6.07, 6.45) is 1.90. The summed E-state index contributed by atoms with van der Waals surface area (Å²) in [5.74, 6) is 0. The zero-order valence-electron chi connectivity index (χ0n) is 6.62. The van der Waals surface area contributed by atoms with Gasteiger partial charge in [-0.25, -0.2) is 0 Å². The maximum atomic E-state index is 5.61. The van der Waals surface area contributed by atoms with Gasteiger partial charge in [0.05, 0.1) is 12.4 Å². The van der Waals surface area contributed by atoms with Crippen molar-refractivity contribution in [1.29, 1.82) is 0 Å². The minimum absolute atomic E-state index is 0.247. The lowest BCUT2D eigenvalue weighted by molar-refractivity contribution is 0.412. The number of hydrogen-bond acceptors (Lipinski definition) is 3. The average molecular weight is 141 g/mol. The second kappa shape index (κ2) is 3.01. The molecule has 1 heterocycles. The van der Waals surface area contributed by atoms with Crippen molar-refractivity contribution in [3.63, 3.8) is 0 Å². The van der Waals surface area contributed by atoms with E-state index in [1.165, 1.54) is 0 Å². The first kappa shape index (κ1) is 7.54. The van der Waals surface area contributed by atoms with Gasteiger partial charge in [-0.1, -0.05) is 0 Å². The van der Waals surface area contributed by atoms with E-state index < -0.39 is 0 Å². The average Bonchev–Trinajstić information content (AvgIpc) is 2.13. The number of hydrogen-bond donors (Lipinski definition) is 1. The van der Waals surface area contributed by atoms with E-state index in [0.717, 1.165) is 13.1 Å². The third-order valence-corrected chi connectivity index (χ3v) is 1.51. The first-order valence-electron chi connectivity index (χ1n) is 3.71. The molecule has 0 radical (unpaired) electrons. The lowest BCUT2D eigenvalue weighted by atomic mass is 10.3. The quantitative estimate of drug-likeness (QED) is 0.591. The molecule has 0 aromatic carbocycles. The normalized spacial score (nSPS) is 27.5. The van der Waals surface area contributed by atoms with Crippen LogP contribution in [0.1, 0.15) is 13.8 Å². The number of aliphatic imine (C=N–C) groups is 1. The van der Waals surface area contributed by atoms with Crippen LogP contribution in [0.15, 0.2) is 4.99 Å². The van der Waals surface area contributed by atoms with E-state index in [1.54, 1.807) is 0 Å². The molecule has 1 rings (SSSR count). The summed E-state index contributed by atoms with van der Waals surface area (Å²) >= 11 is 0. The minimum Gasteiger partial charge on any atom is -0.359 e. The molecule has 0 fully saturated rings. The zero-order valence-corrected chi connectivity index (χ0v) is 6.62. The molecule has 1 aliphatic heterocycles. The van der Waals surface area contributed by atoms with Gasteiger partial charge < -0.3 is 10.6 Å². The molecular formula is C7H15N3. The molecule has 2 atom stereocenters. The molecule has 0 aliphatic carbocycles. The molecule has 0 aromatic rings. The maximum absolute atomic E-state index is 5.61. The van der Waals surface area contributed by atoms with Crippen molar-refractivity contribution in [1.82, 2.24) is 4.90 Å². The van der Waals surface area contributed by atoms with Gasteiger partial charge in [0.15, 0.2) is 0 Å². The Bertz CT molecular complexity index is 131. The van der Waals surface area contributed by atoms with Crippen molar-refractivity contribution < 1.29 is 0 Å². The van der Waals surface area contributed by atoms with E-state index >= 15 is 0 Å². The highest BCUT2D eigenvalue weighted by atomic mass is 15.2. The molecule has 0 saturated carbocycles. The fourth-order valence-electron chi connectivity index (χ4n) is 1.13. The van der Waals surface area contributed by atoms with E-state index in [1.807, 2.05) is 13.3 Å². The second-order valence-electron chi connectivity index (χ2n) is 3.04. The van der Waals surface area contributed by atoms with E-state index in [0.29, 0.717) is 6.04 Å². The second-order valence-corrected chi connectivity index (χ2v) is 3.04. The first-order valence-corrected chi connectivity index (χ1v) is 3.71. The van der Waals surface area contributed by atoms with E-state index in [9.17, 15) is 0 Å². The van der Waals surface area contributed by atoms with E-state index in [-0.39, 0.29) is 6.04 Å². The molecule has 10 heavy (non-hydrogen) atoms. The van der Waals surface area contributed by atoms with Gasteiger partial charge in [0.25, 0.3) is 0 Å². The smallest absolute Gasteiger partial charge is 0.0855 e. The highest BCUT2D eigenvalue weighted by molar-refractivity contribution is 5.57. The Kier molecular flexibility index (Phi) is 2.27. The van der Waals surface area contributed by atoms with Crippen LogP contribution in [0.3, 0.4) is 0 Å². The molecule has 0 spiro atoms. The molecule has 0 unspecified atom stereocenters. The van der Waals surface area contributed by atoms with Gasteiger partial charge in [-0.15, -0.1) is 0 Å². The van der Waals surface area contributed by atoms with Crippen molar-refractivity contribution in [2.45, 2.75) is 25.9 Å². The molecule has 0 bridgehead atoms. The Hall–Kier alpha value is -0.570. The van der Waals surface area contributed by atoms with Crippen molar-refractivity contribution in [3.8, 4) is 0 Å². The van der Waals surface area contributed by atoms with Crippen molar-refractivity contribution in [2.24, 2.45) is 10.7 Å². The fourth-order valence-corrected chi connectivity index (χ4v) is 1.13.